The number of nitrogens with zero attached hydrogens (tertiary/aromatic N) is 9. The van der Waals surface area contributed by atoms with Crippen molar-refractivity contribution >= 4 is 22.8 Å². The second kappa shape index (κ2) is 6.17. The van der Waals surface area contributed by atoms with Gasteiger partial charge in [0.15, 0.2) is 5.65 Å². The van der Waals surface area contributed by atoms with Crippen LogP contribution in [-0.4, -0.2) is 79.9 Å². The van der Waals surface area contributed by atoms with Crippen molar-refractivity contribution in [3.05, 3.63) is 31.0 Å². The Labute approximate surface area is 151 Å². The van der Waals surface area contributed by atoms with Crippen LogP contribution in [0.3, 0.4) is 0 Å². The lowest BCUT2D eigenvalue weighted by atomic mass is 10.1. The number of fused-ring (bicyclic) bond motifs is 1. The minimum atomic E-state index is 0.579. The van der Waals surface area contributed by atoms with Gasteiger partial charge in [-0.3, -0.25) is 9.58 Å². The van der Waals surface area contributed by atoms with Gasteiger partial charge in [0.25, 0.3) is 0 Å². The van der Waals surface area contributed by atoms with E-state index in [1.54, 1.807) is 23.4 Å². The van der Waals surface area contributed by atoms with Gasteiger partial charge in [-0.2, -0.15) is 5.10 Å². The maximum absolute atomic E-state index is 4.49. The molecule has 0 atom stereocenters. The monoisotopic (exact) mass is 351 g/mol. The molecule has 0 radical (unpaired) electrons. The summed E-state index contributed by atoms with van der Waals surface area (Å²) < 4.78 is 1.79. The van der Waals surface area contributed by atoms with E-state index in [0.717, 1.165) is 62.1 Å². The first-order chi connectivity index (χ1) is 12.8. The number of aryl methyl sites for hydroxylation is 1. The summed E-state index contributed by atoms with van der Waals surface area (Å²) in [6.45, 7) is 6.04. The Bertz CT molecular complexity index is 895. The van der Waals surface area contributed by atoms with Crippen LogP contribution in [0.4, 0.5) is 11.8 Å². The number of piperazine rings is 1. The van der Waals surface area contributed by atoms with Gasteiger partial charge in [0, 0.05) is 64.8 Å². The number of aromatic nitrogens is 6. The molecule has 5 rings (SSSR count). The minimum absolute atomic E-state index is 0.579. The van der Waals surface area contributed by atoms with Gasteiger partial charge in [-0.15, -0.1) is 0 Å². The van der Waals surface area contributed by atoms with Crippen LogP contribution in [0.25, 0.3) is 11.0 Å². The highest BCUT2D eigenvalue weighted by Gasteiger charge is 2.35. The SMILES string of the molecule is Cn1ncc2c(N3CC(N4CCN(c5ncccn5)CC4)C3)ncnc21. The number of anilines is 2. The highest BCUT2D eigenvalue weighted by atomic mass is 15.4. The van der Waals surface area contributed by atoms with Crippen LogP contribution in [0, 0.1) is 0 Å². The molecule has 9 nitrogen and oxygen atoms in total. The fourth-order valence-corrected chi connectivity index (χ4v) is 3.80. The van der Waals surface area contributed by atoms with Crippen molar-refractivity contribution in [2.24, 2.45) is 7.05 Å². The molecule has 0 aromatic carbocycles. The molecule has 2 fully saturated rings. The molecule has 9 heteroatoms. The third kappa shape index (κ3) is 2.55. The molecule has 134 valence electrons. The molecule has 0 spiro atoms. The summed E-state index contributed by atoms with van der Waals surface area (Å²) in [5.41, 5.74) is 0.884. The zero-order valence-electron chi connectivity index (χ0n) is 14.7. The second-order valence-corrected chi connectivity index (χ2v) is 6.83. The van der Waals surface area contributed by atoms with Gasteiger partial charge < -0.3 is 9.80 Å². The van der Waals surface area contributed by atoms with Gasteiger partial charge in [-0.1, -0.05) is 0 Å². The van der Waals surface area contributed by atoms with E-state index in [4.69, 9.17) is 0 Å². The normalized spacial score (nSPS) is 19.1. The average Bonchev–Trinajstić information content (AvgIpc) is 3.04. The van der Waals surface area contributed by atoms with E-state index in [9.17, 15) is 0 Å². The quantitative estimate of drug-likeness (QED) is 0.660. The average molecular weight is 351 g/mol. The van der Waals surface area contributed by atoms with Crippen molar-refractivity contribution in [1.29, 1.82) is 0 Å². The molecule has 0 bridgehead atoms. The molecular formula is C17H21N9. The van der Waals surface area contributed by atoms with Crippen LogP contribution < -0.4 is 9.80 Å². The first-order valence-electron chi connectivity index (χ1n) is 8.93. The molecule has 0 amide bonds. The summed E-state index contributed by atoms with van der Waals surface area (Å²) in [5.74, 6) is 1.83. The Morgan fingerprint density at radius 3 is 2.46 bits per heavy atom. The fraction of sp³-hybridized carbons (Fsp3) is 0.471. The van der Waals surface area contributed by atoms with Gasteiger partial charge >= 0.3 is 0 Å². The van der Waals surface area contributed by atoms with E-state index >= 15 is 0 Å². The summed E-state index contributed by atoms with van der Waals surface area (Å²) in [6.07, 6.45) is 7.10. The zero-order chi connectivity index (χ0) is 17.5. The Morgan fingerprint density at radius 2 is 1.69 bits per heavy atom. The van der Waals surface area contributed by atoms with Crippen molar-refractivity contribution in [3.8, 4) is 0 Å². The maximum Gasteiger partial charge on any atom is 0.225 e. The van der Waals surface area contributed by atoms with E-state index in [1.807, 2.05) is 19.3 Å². The smallest absolute Gasteiger partial charge is 0.225 e. The standard InChI is InChI=1S/C17H21N9/c1-23-15-14(9-22-23)16(21-12-20-15)26-10-13(11-26)24-5-7-25(8-6-24)17-18-3-2-4-19-17/h2-4,9,12-13H,5-8,10-11H2,1H3. The third-order valence-electron chi connectivity index (χ3n) is 5.34. The lowest BCUT2D eigenvalue weighted by molar-refractivity contribution is 0.156. The molecule has 0 aliphatic carbocycles. The Hall–Kier alpha value is -2.81. The van der Waals surface area contributed by atoms with Crippen LogP contribution in [0.2, 0.25) is 0 Å². The summed E-state index contributed by atoms with van der Waals surface area (Å²) in [4.78, 5) is 24.7. The van der Waals surface area contributed by atoms with Crippen molar-refractivity contribution in [1.82, 2.24) is 34.6 Å². The maximum atomic E-state index is 4.49. The van der Waals surface area contributed by atoms with Crippen molar-refractivity contribution in [3.63, 3.8) is 0 Å². The molecule has 0 N–H and O–H groups in total. The van der Waals surface area contributed by atoms with Gasteiger partial charge in [0.2, 0.25) is 5.95 Å². The summed E-state index contributed by atoms with van der Waals surface area (Å²) >= 11 is 0. The van der Waals surface area contributed by atoms with Crippen LogP contribution in [-0.2, 0) is 7.05 Å². The topological polar surface area (TPSA) is 79.1 Å². The summed E-state index contributed by atoms with van der Waals surface area (Å²) in [7, 11) is 1.91. The van der Waals surface area contributed by atoms with Crippen LogP contribution in [0.1, 0.15) is 0 Å². The van der Waals surface area contributed by atoms with E-state index in [-0.39, 0.29) is 0 Å². The first-order valence-corrected chi connectivity index (χ1v) is 8.93. The summed E-state index contributed by atoms with van der Waals surface area (Å²) in [5, 5.41) is 5.33. The van der Waals surface area contributed by atoms with E-state index in [1.165, 1.54) is 0 Å². The lowest BCUT2D eigenvalue weighted by Crippen LogP contribution is -2.63. The number of hydrogen-bond acceptors (Lipinski definition) is 8. The fourth-order valence-electron chi connectivity index (χ4n) is 3.80. The Kier molecular flexibility index (Phi) is 3.66. The second-order valence-electron chi connectivity index (χ2n) is 6.83. The predicted octanol–water partition coefficient (Wildman–Crippen LogP) is 0.164. The van der Waals surface area contributed by atoms with E-state index in [0.29, 0.717) is 6.04 Å². The largest absolute Gasteiger partial charge is 0.353 e. The Morgan fingerprint density at radius 1 is 0.923 bits per heavy atom. The molecule has 3 aromatic rings. The molecule has 0 saturated carbocycles. The molecule has 26 heavy (non-hydrogen) atoms. The molecule has 2 saturated heterocycles. The van der Waals surface area contributed by atoms with Crippen molar-refractivity contribution < 1.29 is 0 Å². The van der Waals surface area contributed by atoms with Crippen LogP contribution >= 0.6 is 0 Å². The molecule has 2 aliphatic rings. The van der Waals surface area contributed by atoms with Crippen LogP contribution in [0.15, 0.2) is 31.0 Å². The van der Waals surface area contributed by atoms with Crippen molar-refractivity contribution in [2.45, 2.75) is 6.04 Å². The summed E-state index contributed by atoms with van der Waals surface area (Å²) in [6, 6.07) is 2.44. The van der Waals surface area contributed by atoms with Gasteiger partial charge in [-0.25, -0.2) is 19.9 Å². The molecule has 2 aliphatic heterocycles. The molecule has 3 aromatic heterocycles. The van der Waals surface area contributed by atoms with E-state index < -0.39 is 0 Å². The highest BCUT2D eigenvalue weighted by molar-refractivity contribution is 5.87. The lowest BCUT2D eigenvalue weighted by Gasteiger charge is -2.48. The minimum Gasteiger partial charge on any atom is -0.353 e. The highest BCUT2D eigenvalue weighted by Crippen LogP contribution is 2.28. The van der Waals surface area contributed by atoms with E-state index in [2.05, 4.69) is 39.7 Å². The zero-order valence-corrected chi connectivity index (χ0v) is 14.7. The third-order valence-corrected chi connectivity index (χ3v) is 5.34. The van der Waals surface area contributed by atoms with Gasteiger partial charge in [0.1, 0.15) is 12.1 Å². The molecule has 0 unspecified atom stereocenters. The van der Waals surface area contributed by atoms with Crippen LogP contribution in [0.5, 0.6) is 0 Å². The first kappa shape index (κ1) is 15.4. The van der Waals surface area contributed by atoms with Gasteiger partial charge in [0.05, 0.1) is 11.6 Å². The molecular weight excluding hydrogens is 330 g/mol. The van der Waals surface area contributed by atoms with Crippen molar-refractivity contribution in [2.75, 3.05) is 49.1 Å². The number of rotatable bonds is 3. The molecule has 5 heterocycles. The number of hydrogen-bond donors (Lipinski definition) is 0. The predicted molar refractivity (Wildman–Crippen MR) is 98.1 cm³/mol. The van der Waals surface area contributed by atoms with Gasteiger partial charge in [-0.05, 0) is 6.07 Å². The Balaban J connectivity index is 1.21.